The summed E-state index contributed by atoms with van der Waals surface area (Å²) in [5, 5.41) is 11.9. The van der Waals surface area contributed by atoms with Gasteiger partial charge in [-0.3, -0.25) is 14.0 Å². The van der Waals surface area contributed by atoms with Gasteiger partial charge in [0.2, 0.25) is 5.91 Å². The van der Waals surface area contributed by atoms with Gasteiger partial charge in [0.15, 0.2) is 5.65 Å². The van der Waals surface area contributed by atoms with Crippen LogP contribution in [0.5, 0.6) is 0 Å². The fourth-order valence-electron chi connectivity index (χ4n) is 4.09. The summed E-state index contributed by atoms with van der Waals surface area (Å²) < 4.78 is 2.02. The van der Waals surface area contributed by atoms with E-state index in [1.165, 1.54) is 0 Å². The molecule has 2 amide bonds. The smallest absolute Gasteiger partial charge is 0.253 e. The second-order valence-electron chi connectivity index (χ2n) is 7.87. The normalized spacial score (nSPS) is 15.6. The Kier molecular flexibility index (Phi) is 7.32. The number of thioether (sulfide) groups is 1. The predicted molar refractivity (Wildman–Crippen MR) is 127 cm³/mol. The fraction of sp³-hybridized carbons (Fsp3) is 0.391. The van der Waals surface area contributed by atoms with Crippen LogP contribution in [0.1, 0.15) is 41.4 Å². The number of halogens is 1. The van der Waals surface area contributed by atoms with Crippen LogP contribution in [0.4, 0.5) is 0 Å². The molecule has 4 rings (SSSR count). The molecule has 168 valence electrons. The van der Waals surface area contributed by atoms with Gasteiger partial charge in [-0.1, -0.05) is 29.8 Å². The molecule has 2 aromatic heterocycles. The number of aromatic nitrogens is 3. The van der Waals surface area contributed by atoms with E-state index in [0.29, 0.717) is 30.1 Å². The minimum Gasteiger partial charge on any atom is -0.341 e. The largest absolute Gasteiger partial charge is 0.341 e. The summed E-state index contributed by atoms with van der Waals surface area (Å²) in [6, 6.07) is 12.2. The highest BCUT2D eigenvalue weighted by atomic mass is 35.5. The van der Waals surface area contributed by atoms with Crippen LogP contribution in [-0.2, 0) is 4.79 Å². The number of hydrogen-bond donors (Lipinski definition) is 1. The molecule has 1 aliphatic heterocycles. The van der Waals surface area contributed by atoms with Gasteiger partial charge in [0.05, 0.1) is 10.6 Å². The van der Waals surface area contributed by atoms with Crippen molar-refractivity contribution < 1.29 is 9.59 Å². The number of carbonyl (C=O) groups is 2. The zero-order valence-electron chi connectivity index (χ0n) is 17.9. The number of hydrogen-bond acceptors (Lipinski definition) is 5. The molecule has 32 heavy (non-hydrogen) atoms. The third kappa shape index (κ3) is 4.91. The Morgan fingerprint density at radius 1 is 1.16 bits per heavy atom. The number of nitrogens with zero attached hydrogens (tertiary/aromatic N) is 4. The van der Waals surface area contributed by atoms with Crippen molar-refractivity contribution in [2.24, 2.45) is 0 Å². The van der Waals surface area contributed by atoms with E-state index >= 15 is 0 Å². The average Bonchev–Trinajstić information content (AvgIpc) is 3.26. The van der Waals surface area contributed by atoms with E-state index in [-0.39, 0.29) is 17.7 Å². The Balaban J connectivity index is 1.42. The van der Waals surface area contributed by atoms with E-state index in [1.807, 2.05) is 40.0 Å². The van der Waals surface area contributed by atoms with Gasteiger partial charge < -0.3 is 10.2 Å². The quantitative estimate of drug-likeness (QED) is 0.569. The first-order valence-electron chi connectivity index (χ1n) is 10.7. The third-order valence-corrected chi connectivity index (χ3v) is 6.82. The molecule has 1 aromatic carbocycles. The maximum Gasteiger partial charge on any atom is 0.253 e. The number of benzene rings is 1. The van der Waals surface area contributed by atoms with Crippen molar-refractivity contribution >= 4 is 40.8 Å². The van der Waals surface area contributed by atoms with E-state index in [4.69, 9.17) is 11.6 Å². The molecule has 1 unspecified atom stereocenters. The van der Waals surface area contributed by atoms with Gasteiger partial charge in [-0.25, -0.2) is 0 Å². The summed E-state index contributed by atoms with van der Waals surface area (Å²) in [6.07, 6.45) is 6.17. The molecule has 1 atom stereocenters. The molecule has 0 radical (unpaired) electrons. The van der Waals surface area contributed by atoms with Gasteiger partial charge in [-0.05, 0) is 55.5 Å². The maximum absolute atomic E-state index is 13.3. The topological polar surface area (TPSA) is 79.6 Å². The van der Waals surface area contributed by atoms with Crippen LogP contribution in [0.25, 0.3) is 5.65 Å². The number of piperidine rings is 1. The van der Waals surface area contributed by atoms with Crippen LogP contribution in [0, 0.1) is 0 Å². The molecule has 1 saturated heterocycles. The summed E-state index contributed by atoms with van der Waals surface area (Å²) in [6.45, 7) is 1.26. The molecule has 1 aliphatic rings. The third-order valence-electron chi connectivity index (χ3n) is 5.84. The van der Waals surface area contributed by atoms with Crippen molar-refractivity contribution in [3.8, 4) is 0 Å². The number of fused-ring (bicyclic) bond motifs is 1. The van der Waals surface area contributed by atoms with Crippen molar-refractivity contribution in [2.45, 2.75) is 31.2 Å². The lowest BCUT2D eigenvalue weighted by molar-refractivity contribution is -0.134. The van der Waals surface area contributed by atoms with Gasteiger partial charge >= 0.3 is 0 Å². The van der Waals surface area contributed by atoms with Gasteiger partial charge in [0.25, 0.3) is 5.91 Å². The van der Waals surface area contributed by atoms with E-state index in [0.717, 1.165) is 30.1 Å². The lowest BCUT2D eigenvalue weighted by atomic mass is 9.95. The fourth-order valence-corrected chi connectivity index (χ4v) is 4.78. The molecule has 0 saturated carbocycles. The molecular weight excluding hydrogens is 446 g/mol. The molecule has 9 heteroatoms. The monoisotopic (exact) mass is 471 g/mol. The predicted octanol–water partition coefficient (Wildman–Crippen LogP) is 3.64. The Bertz CT molecular complexity index is 1100. The highest BCUT2D eigenvalue weighted by Gasteiger charge is 2.31. The van der Waals surface area contributed by atoms with Crippen LogP contribution in [0.3, 0.4) is 0 Å². The first-order chi connectivity index (χ1) is 15.6. The Labute approximate surface area is 196 Å². The van der Waals surface area contributed by atoms with Gasteiger partial charge in [-0.15, -0.1) is 10.2 Å². The zero-order chi connectivity index (χ0) is 22.5. The highest BCUT2D eigenvalue weighted by molar-refractivity contribution is 7.98. The Hall–Kier alpha value is -2.58. The average molecular weight is 472 g/mol. The van der Waals surface area contributed by atoms with Crippen LogP contribution in [0.15, 0.2) is 48.7 Å². The number of likely N-dealkylation sites (tertiary alicyclic amines) is 1. The number of amides is 2. The molecule has 1 N–H and O–H groups in total. The van der Waals surface area contributed by atoms with E-state index in [1.54, 1.807) is 36.0 Å². The van der Waals surface area contributed by atoms with Crippen LogP contribution < -0.4 is 5.32 Å². The summed E-state index contributed by atoms with van der Waals surface area (Å²) in [7, 11) is 0. The van der Waals surface area contributed by atoms with Crippen molar-refractivity contribution in [1.29, 1.82) is 0 Å². The SMILES string of the molecule is CSCCC(NC(=O)c1ccccc1Cl)C(=O)N1CCC(c2nnc3ccccn23)CC1. The number of rotatable bonds is 7. The highest BCUT2D eigenvalue weighted by Crippen LogP contribution is 2.27. The molecule has 0 aliphatic carbocycles. The van der Waals surface area contributed by atoms with Crippen molar-refractivity contribution in [1.82, 2.24) is 24.8 Å². The van der Waals surface area contributed by atoms with Crippen LogP contribution in [0.2, 0.25) is 5.02 Å². The molecule has 3 heterocycles. The zero-order valence-corrected chi connectivity index (χ0v) is 19.5. The summed E-state index contributed by atoms with van der Waals surface area (Å²) in [5.74, 6) is 1.61. The molecule has 0 spiro atoms. The van der Waals surface area contributed by atoms with E-state index < -0.39 is 6.04 Å². The number of carbonyl (C=O) groups excluding carboxylic acids is 2. The van der Waals surface area contributed by atoms with Crippen LogP contribution in [-0.4, -0.2) is 62.5 Å². The standard InChI is InChI=1S/C23H26ClN5O2S/c1-32-15-11-19(25-22(30)17-6-2-3-7-18(17)24)23(31)28-13-9-16(10-14-28)21-27-26-20-8-4-5-12-29(20)21/h2-8,12,16,19H,9-11,13-15H2,1H3,(H,25,30). The second kappa shape index (κ2) is 10.4. The molecule has 1 fully saturated rings. The molecule has 7 nitrogen and oxygen atoms in total. The summed E-state index contributed by atoms with van der Waals surface area (Å²) in [5.41, 5.74) is 1.22. The Morgan fingerprint density at radius 2 is 1.91 bits per heavy atom. The lowest BCUT2D eigenvalue weighted by Crippen LogP contribution is -2.51. The number of nitrogens with one attached hydrogen (secondary N) is 1. The van der Waals surface area contributed by atoms with Crippen molar-refractivity contribution in [3.05, 3.63) is 65.1 Å². The first-order valence-corrected chi connectivity index (χ1v) is 12.5. The molecular formula is C23H26ClN5O2S. The van der Waals surface area contributed by atoms with Crippen molar-refractivity contribution in [3.63, 3.8) is 0 Å². The lowest BCUT2D eigenvalue weighted by Gasteiger charge is -2.34. The summed E-state index contributed by atoms with van der Waals surface area (Å²) >= 11 is 7.82. The second-order valence-corrected chi connectivity index (χ2v) is 9.27. The van der Waals surface area contributed by atoms with Gasteiger partial charge in [-0.2, -0.15) is 11.8 Å². The minimum atomic E-state index is -0.573. The Morgan fingerprint density at radius 3 is 2.66 bits per heavy atom. The minimum absolute atomic E-state index is 0.0380. The molecule has 3 aromatic rings. The first kappa shape index (κ1) is 22.6. The molecule has 0 bridgehead atoms. The van der Waals surface area contributed by atoms with E-state index in [2.05, 4.69) is 15.5 Å². The number of pyridine rings is 1. The van der Waals surface area contributed by atoms with Crippen molar-refractivity contribution in [2.75, 3.05) is 25.1 Å². The summed E-state index contributed by atoms with van der Waals surface area (Å²) in [4.78, 5) is 27.9. The maximum atomic E-state index is 13.3. The van der Waals surface area contributed by atoms with Gasteiger partial charge in [0.1, 0.15) is 11.9 Å². The van der Waals surface area contributed by atoms with Gasteiger partial charge in [0, 0.05) is 25.2 Å². The van der Waals surface area contributed by atoms with Crippen LogP contribution >= 0.6 is 23.4 Å². The van der Waals surface area contributed by atoms with E-state index in [9.17, 15) is 9.59 Å².